The topological polar surface area (TPSA) is 71.3 Å². The first-order chi connectivity index (χ1) is 10.0. The lowest BCUT2D eigenvalue weighted by Crippen LogP contribution is -2.24. The van der Waals surface area contributed by atoms with Crippen LogP contribution in [0, 0.1) is 0 Å². The van der Waals surface area contributed by atoms with Crippen molar-refractivity contribution in [2.24, 2.45) is 0 Å². The molecule has 0 saturated carbocycles. The number of hydrogen-bond donors (Lipinski definition) is 2. The molecule has 5 nitrogen and oxygen atoms in total. The first kappa shape index (κ1) is 19.0. The molecule has 0 bridgehead atoms. The number of unbranched alkanes of at least 4 members (excludes halogenated alkanes) is 3. The molecule has 0 aliphatic heterocycles. The van der Waals surface area contributed by atoms with Gasteiger partial charge in [0, 0.05) is 12.6 Å². The van der Waals surface area contributed by atoms with Gasteiger partial charge in [0.15, 0.2) is 4.67 Å². The van der Waals surface area contributed by atoms with Gasteiger partial charge in [0.25, 0.3) is 0 Å². The summed E-state index contributed by atoms with van der Waals surface area (Å²) in [7, 11) is -1.73. The van der Waals surface area contributed by atoms with Crippen molar-refractivity contribution in [2.45, 2.75) is 37.1 Å². The van der Waals surface area contributed by atoms with Crippen molar-refractivity contribution in [3.05, 3.63) is 16.5 Å². The Morgan fingerprint density at radius 3 is 2.67 bits per heavy atom. The van der Waals surface area contributed by atoms with Crippen LogP contribution in [0.3, 0.4) is 0 Å². The van der Waals surface area contributed by atoms with Gasteiger partial charge in [-0.05, 0) is 47.8 Å². The maximum atomic E-state index is 12.2. The van der Waals surface area contributed by atoms with Crippen LogP contribution in [0.4, 0.5) is 0 Å². The van der Waals surface area contributed by atoms with Crippen LogP contribution in [0.1, 0.15) is 31.4 Å². The van der Waals surface area contributed by atoms with E-state index in [1.54, 1.807) is 13.1 Å². The molecule has 0 aliphatic rings. The molecular weight excluding hydrogens is 376 g/mol. The first-order valence-electron chi connectivity index (χ1n) is 6.92. The number of thioether (sulfide) groups is 1. The van der Waals surface area contributed by atoms with Gasteiger partial charge in [0.1, 0.15) is 10.7 Å². The third-order valence-electron chi connectivity index (χ3n) is 2.91. The second-order valence-corrected chi connectivity index (χ2v) is 8.13. The minimum Gasteiger partial charge on any atom is -0.452 e. The van der Waals surface area contributed by atoms with Crippen LogP contribution in [0.25, 0.3) is 0 Å². The Kier molecular flexibility index (Phi) is 8.96. The molecule has 1 aromatic rings. The predicted octanol–water partition coefficient (Wildman–Crippen LogP) is 2.96. The lowest BCUT2D eigenvalue weighted by molar-refractivity contribution is 0.470. The van der Waals surface area contributed by atoms with Crippen molar-refractivity contribution in [3.63, 3.8) is 0 Å². The van der Waals surface area contributed by atoms with Gasteiger partial charge in [0.2, 0.25) is 10.0 Å². The van der Waals surface area contributed by atoms with Gasteiger partial charge in [-0.1, -0.05) is 12.8 Å². The Labute approximate surface area is 139 Å². The summed E-state index contributed by atoms with van der Waals surface area (Å²) in [6.45, 7) is 0.949. The van der Waals surface area contributed by atoms with Gasteiger partial charge in [-0.15, -0.1) is 0 Å². The standard InChI is InChI=1S/C13H23BrN2O3S2/c1-15-10-11-9-12(13(14)19-11)21(17,18)16-7-5-3-4-6-8-20-2/h9,15-16H,3-8,10H2,1-2H3. The average Bonchev–Trinajstić information content (AvgIpc) is 2.80. The zero-order valence-electron chi connectivity index (χ0n) is 12.4. The van der Waals surface area contributed by atoms with Crippen molar-refractivity contribution in [2.75, 3.05) is 25.6 Å². The van der Waals surface area contributed by atoms with Gasteiger partial charge in [-0.3, -0.25) is 0 Å². The lowest BCUT2D eigenvalue weighted by Gasteiger charge is -2.05. The van der Waals surface area contributed by atoms with Crippen molar-refractivity contribution in [1.29, 1.82) is 0 Å². The molecule has 1 rings (SSSR count). The van der Waals surface area contributed by atoms with Crippen LogP contribution in [0.2, 0.25) is 0 Å². The van der Waals surface area contributed by atoms with Crippen LogP contribution in [-0.4, -0.2) is 34.0 Å². The largest absolute Gasteiger partial charge is 0.452 e. The van der Waals surface area contributed by atoms with Gasteiger partial charge >= 0.3 is 0 Å². The molecule has 0 aromatic carbocycles. The van der Waals surface area contributed by atoms with E-state index in [2.05, 4.69) is 32.2 Å². The Morgan fingerprint density at radius 2 is 2.00 bits per heavy atom. The van der Waals surface area contributed by atoms with Gasteiger partial charge < -0.3 is 9.73 Å². The SMILES string of the molecule is CNCc1cc(S(=O)(=O)NCCCCCCSC)c(Br)o1. The summed E-state index contributed by atoms with van der Waals surface area (Å²) in [6.07, 6.45) is 6.32. The van der Waals surface area contributed by atoms with E-state index in [0.717, 1.165) is 19.3 Å². The maximum absolute atomic E-state index is 12.2. The molecule has 0 amide bonds. The van der Waals surface area contributed by atoms with E-state index in [1.165, 1.54) is 12.2 Å². The molecule has 21 heavy (non-hydrogen) atoms. The fourth-order valence-corrected chi connectivity index (χ4v) is 4.41. The highest BCUT2D eigenvalue weighted by molar-refractivity contribution is 9.10. The molecule has 1 heterocycles. The Morgan fingerprint density at radius 1 is 1.29 bits per heavy atom. The number of sulfonamides is 1. The average molecular weight is 399 g/mol. The summed E-state index contributed by atoms with van der Waals surface area (Å²) in [6, 6.07) is 1.54. The number of rotatable bonds is 11. The zero-order valence-corrected chi connectivity index (χ0v) is 15.7. The number of nitrogens with one attached hydrogen (secondary N) is 2. The van der Waals surface area contributed by atoms with Gasteiger partial charge in [0.05, 0.1) is 6.54 Å². The van der Waals surface area contributed by atoms with Crippen LogP contribution >= 0.6 is 27.7 Å². The van der Waals surface area contributed by atoms with Crippen LogP contribution in [0.15, 0.2) is 20.0 Å². The summed E-state index contributed by atoms with van der Waals surface area (Å²) in [5, 5.41) is 2.92. The molecule has 0 saturated heterocycles. The normalized spacial score (nSPS) is 12.0. The molecule has 8 heteroatoms. The maximum Gasteiger partial charge on any atom is 0.244 e. The monoisotopic (exact) mass is 398 g/mol. The second-order valence-electron chi connectivity index (χ2n) is 4.69. The molecule has 0 radical (unpaired) electrons. The molecule has 0 spiro atoms. The molecule has 0 unspecified atom stereocenters. The Balaban J connectivity index is 2.43. The molecule has 122 valence electrons. The van der Waals surface area contributed by atoms with E-state index in [1.807, 2.05) is 11.8 Å². The quantitative estimate of drug-likeness (QED) is 0.560. The van der Waals surface area contributed by atoms with E-state index in [4.69, 9.17) is 4.42 Å². The Hall–Kier alpha value is -0.0200. The highest BCUT2D eigenvalue weighted by Gasteiger charge is 2.21. The molecule has 2 N–H and O–H groups in total. The van der Waals surface area contributed by atoms with Gasteiger partial charge in [-0.25, -0.2) is 13.1 Å². The molecule has 0 fully saturated rings. The predicted molar refractivity (Wildman–Crippen MR) is 91.2 cm³/mol. The molecule has 0 aliphatic carbocycles. The fraction of sp³-hybridized carbons (Fsp3) is 0.692. The minimum atomic E-state index is -3.51. The lowest BCUT2D eigenvalue weighted by atomic mass is 10.2. The van der Waals surface area contributed by atoms with E-state index < -0.39 is 10.0 Å². The van der Waals surface area contributed by atoms with E-state index in [0.29, 0.717) is 18.8 Å². The number of hydrogen-bond acceptors (Lipinski definition) is 5. The number of furan rings is 1. The zero-order chi connectivity index (χ0) is 15.7. The van der Waals surface area contributed by atoms with E-state index in [9.17, 15) is 8.42 Å². The molecule has 0 atom stereocenters. The van der Waals surface area contributed by atoms with Crippen molar-refractivity contribution in [1.82, 2.24) is 10.0 Å². The number of halogens is 1. The summed E-state index contributed by atoms with van der Waals surface area (Å²) < 4.78 is 32.6. The van der Waals surface area contributed by atoms with Crippen molar-refractivity contribution in [3.8, 4) is 0 Å². The fourth-order valence-electron chi connectivity index (χ4n) is 1.85. The third kappa shape index (κ3) is 6.73. The molecular formula is C13H23BrN2O3S2. The van der Waals surface area contributed by atoms with Crippen LogP contribution in [0.5, 0.6) is 0 Å². The summed E-state index contributed by atoms with van der Waals surface area (Å²) in [5.41, 5.74) is 0. The van der Waals surface area contributed by atoms with Crippen LogP contribution < -0.4 is 10.0 Å². The highest BCUT2D eigenvalue weighted by atomic mass is 79.9. The smallest absolute Gasteiger partial charge is 0.244 e. The summed E-state index contributed by atoms with van der Waals surface area (Å²) in [4.78, 5) is 0.162. The summed E-state index contributed by atoms with van der Waals surface area (Å²) in [5.74, 6) is 1.75. The minimum absolute atomic E-state index is 0.162. The highest BCUT2D eigenvalue weighted by Crippen LogP contribution is 2.26. The summed E-state index contributed by atoms with van der Waals surface area (Å²) >= 11 is 5.00. The van der Waals surface area contributed by atoms with Gasteiger partial charge in [-0.2, -0.15) is 11.8 Å². The van der Waals surface area contributed by atoms with E-state index in [-0.39, 0.29) is 9.56 Å². The van der Waals surface area contributed by atoms with Crippen molar-refractivity contribution >= 4 is 37.7 Å². The van der Waals surface area contributed by atoms with E-state index >= 15 is 0 Å². The molecule has 1 aromatic heterocycles. The first-order valence-corrected chi connectivity index (χ1v) is 10.6. The third-order valence-corrected chi connectivity index (χ3v) is 5.93. The Bertz CT molecular complexity index is 517. The van der Waals surface area contributed by atoms with Crippen LogP contribution in [-0.2, 0) is 16.6 Å². The second kappa shape index (κ2) is 9.89. The van der Waals surface area contributed by atoms with Crippen molar-refractivity contribution < 1.29 is 12.8 Å².